The SMILES string of the molecule is COc1cccc2c1C(C)NC=C2. The normalized spacial score (nSPS) is 19.1. The molecular weight excluding hydrogens is 162 g/mol. The van der Waals surface area contributed by atoms with Crippen LogP contribution in [0.25, 0.3) is 6.08 Å². The maximum atomic E-state index is 5.31. The van der Waals surface area contributed by atoms with E-state index in [2.05, 4.69) is 24.4 Å². The number of hydrogen-bond acceptors (Lipinski definition) is 2. The van der Waals surface area contributed by atoms with Crippen LogP contribution in [0.1, 0.15) is 24.1 Å². The first-order valence-corrected chi connectivity index (χ1v) is 4.42. The summed E-state index contributed by atoms with van der Waals surface area (Å²) in [6.45, 7) is 2.13. The molecule has 13 heavy (non-hydrogen) atoms. The molecule has 2 rings (SSSR count). The highest BCUT2D eigenvalue weighted by molar-refractivity contribution is 5.61. The molecule has 1 unspecified atom stereocenters. The molecule has 0 radical (unpaired) electrons. The highest BCUT2D eigenvalue weighted by Crippen LogP contribution is 2.31. The lowest BCUT2D eigenvalue weighted by molar-refractivity contribution is 0.404. The van der Waals surface area contributed by atoms with E-state index in [1.54, 1.807) is 7.11 Å². The summed E-state index contributed by atoms with van der Waals surface area (Å²) >= 11 is 0. The van der Waals surface area contributed by atoms with Crippen LogP contribution in [-0.4, -0.2) is 7.11 Å². The molecule has 0 spiro atoms. The third kappa shape index (κ3) is 1.28. The zero-order valence-electron chi connectivity index (χ0n) is 7.87. The molecule has 0 saturated heterocycles. The zero-order chi connectivity index (χ0) is 9.26. The number of benzene rings is 1. The number of nitrogens with one attached hydrogen (secondary N) is 1. The Bertz CT molecular complexity index is 344. The first-order chi connectivity index (χ1) is 6.33. The molecular formula is C11H13NO. The van der Waals surface area contributed by atoms with E-state index in [0.717, 1.165) is 5.75 Å². The van der Waals surface area contributed by atoms with Gasteiger partial charge in [-0.15, -0.1) is 0 Å². The number of methoxy groups -OCH3 is 1. The van der Waals surface area contributed by atoms with E-state index < -0.39 is 0 Å². The highest BCUT2D eigenvalue weighted by atomic mass is 16.5. The summed E-state index contributed by atoms with van der Waals surface area (Å²) < 4.78 is 5.31. The molecule has 0 fully saturated rings. The van der Waals surface area contributed by atoms with Gasteiger partial charge in [0, 0.05) is 5.56 Å². The van der Waals surface area contributed by atoms with Crippen molar-refractivity contribution in [2.75, 3.05) is 7.11 Å². The van der Waals surface area contributed by atoms with Crippen molar-refractivity contribution in [2.24, 2.45) is 0 Å². The largest absolute Gasteiger partial charge is 0.496 e. The minimum atomic E-state index is 0.330. The van der Waals surface area contributed by atoms with Gasteiger partial charge < -0.3 is 10.1 Å². The van der Waals surface area contributed by atoms with E-state index in [4.69, 9.17) is 4.74 Å². The Morgan fingerprint density at radius 3 is 3.00 bits per heavy atom. The van der Waals surface area contributed by atoms with E-state index in [9.17, 15) is 0 Å². The van der Waals surface area contributed by atoms with Crippen LogP contribution in [0.3, 0.4) is 0 Å². The predicted molar refractivity (Wildman–Crippen MR) is 53.6 cm³/mol. The Hall–Kier alpha value is -1.44. The molecule has 0 saturated carbocycles. The number of fused-ring (bicyclic) bond motifs is 1. The molecule has 1 aromatic rings. The van der Waals surface area contributed by atoms with Crippen molar-refractivity contribution in [3.05, 3.63) is 35.5 Å². The summed E-state index contributed by atoms with van der Waals surface area (Å²) in [5, 5.41) is 3.25. The Morgan fingerprint density at radius 1 is 1.38 bits per heavy atom. The van der Waals surface area contributed by atoms with Gasteiger partial charge in [-0.05, 0) is 30.8 Å². The van der Waals surface area contributed by atoms with Gasteiger partial charge in [0.25, 0.3) is 0 Å². The summed E-state index contributed by atoms with van der Waals surface area (Å²) in [5.41, 5.74) is 2.48. The smallest absolute Gasteiger partial charge is 0.124 e. The summed E-state index contributed by atoms with van der Waals surface area (Å²) in [5.74, 6) is 0.960. The molecule has 1 atom stereocenters. The molecule has 1 aliphatic heterocycles. The number of ether oxygens (including phenoxy) is 1. The molecule has 0 bridgehead atoms. The quantitative estimate of drug-likeness (QED) is 0.707. The van der Waals surface area contributed by atoms with E-state index in [1.807, 2.05) is 18.3 Å². The van der Waals surface area contributed by atoms with E-state index >= 15 is 0 Å². The summed E-state index contributed by atoms with van der Waals surface area (Å²) in [6.07, 6.45) is 4.05. The van der Waals surface area contributed by atoms with Crippen molar-refractivity contribution in [3.8, 4) is 5.75 Å². The Labute approximate surface area is 78.2 Å². The van der Waals surface area contributed by atoms with Crippen LogP contribution < -0.4 is 10.1 Å². The molecule has 1 N–H and O–H groups in total. The van der Waals surface area contributed by atoms with Crippen molar-refractivity contribution >= 4 is 6.08 Å². The fourth-order valence-electron chi connectivity index (χ4n) is 1.71. The lowest BCUT2D eigenvalue weighted by atomic mass is 9.98. The highest BCUT2D eigenvalue weighted by Gasteiger charge is 2.15. The minimum Gasteiger partial charge on any atom is -0.496 e. The standard InChI is InChI=1S/C11H13NO/c1-8-11-9(6-7-12-8)4-3-5-10(11)13-2/h3-8,12H,1-2H3. The third-order valence-electron chi connectivity index (χ3n) is 2.36. The van der Waals surface area contributed by atoms with Crippen LogP contribution in [-0.2, 0) is 0 Å². The van der Waals surface area contributed by atoms with Crippen LogP contribution in [0.15, 0.2) is 24.4 Å². The Morgan fingerprint density at radius 2 is 2.23 bits per heavy atom. The van der Waals surface area contributed by atoms with E-state index in [-0.39, 0.29) is 0 Å². The molecule has 1 aliphatic rings. The van der Waals surface area contributed by atoms with Crippen molar-refractivity contribution in [1.29, 1.82) is 0 Å². The third-order valence-corrected chi connectivity index (χ3v) is 2.36. The maximum Gasteiger partial charge on any atom is 0.124 e. The van der Waals surface area contributed by atoms with Crippen molar-refractivity contribution in [3.63, 3.8) is 0 Å². The first-order valence-electron chi connectivity index (χ1n) is 4.42. The molecule has 0 amide bonds. The second-order valence-corrected chi connectivity index (χ2v) is 3.18. The van der Waals surface area contributed by atoms with Gasteiger partial charge in [0.2, 0.25) is 0 Å². The summed E-state index contributed by atoms with van der Waals surface area (Å²) in [7, 11) is 1.71. The van der Waals surface area contributed by atoms with Crippen LogP contribution in [0.5, 0.6) is 5.75 Å². The first kappa shape index (κ1) is 8.17. The predicted octanol–water partition coefficient (Wildman–Crippen LogP) is 2.33. The molecule has 0 aromatic heterocycles. The fourth-order valence-corrected chi connectivity index (χ4v) is 1.71. The molecule has 1 aromatic carbocycles. The van der Waals surface area contributed by atoms with Crippen LogP contribution in [0, 0.1) is 0 Å². The lowest BCUT2D eigenvalue weighted by Gasteiger charge is -2.22. The van der Waals surface area contributed by atoms with E-state index in [0.29, 0.717) is 6.04 Å². The second-order valence-electron chi connectivity index (χ2n) is 3.18. The van der Waals surface area contributed by atoms with Gasteiger partial charge in [0.1, 0.15) is 5.75 Å². The monoisotopic (exact) mass is 175 g/mol. The molecule has 2 nitrogen and oxygen atoms in total. The lowest BCUT2D eigenvalue weighted by Crippen LogP contribution is -2.17. The average molecular weight is 175 g/mol. The van der Waals surface area contributed by atoms with Gasteiger partial charge in [0.05, 0.1) is 13.2 Å². The van der Waals surface area contributed by atoms with Crippen LogP contribution >= 0.6 is 0 Å². The van der Waals surface area contributed by atoms with Gasteiger partial charge in [-0.2, -0.15) is 0 Å². The zero-order valence-corrected chi connectivity index (χ0v) is 7.87. The summed E-state index contributed by atoms with van der Waals surface area (Å²) in [4.78, 5) is 0. The molecule has 0 aliphatic carbocycles. The van der Waals surface area contributed by atoms with E-state index in [1.165, 1.54) is 11.1 Å². The minimum absolute atomic E-state index is 0.330. The Balaban J connectivity index is 2.58. The molecule has 1 heterocycles. The van der Waals surface area contributed by atoms with Gasteiger partial charge >= 0.3 is 0 Å². The molecule has 2 heteroatoms. The van der Waals surface area contributed by atoms with Crippen molar-refractivity contribution in [1.82, 2.24) is 5.32 Å². The van der Waals surface area contributed by atoms with Crippen LogP contribution in [0.2, 0.25) is 0 Å². The van der Waals surface area contributed by atoms with Gasteiger partial charge in [0.15, 0.2) is 0 Å². The second kappa shape index (κ2) is 3.13. The van der Waals surface area contributed by atoms with Crippen molar-refractivity contribution < 1.29 is 4.74 Å². The summed E-state index contributed by atoms with van der Waals surface area (Å²) in [6, 6.07) is 6.44. The van der Waals surface area contributed by atoms with Gasteiger partial charge in [-0.3, -0.25) is 0 Å². The average Bonchev–Trinajstić information content (AvgIpc) is 2.17. The van der Waals surface area contributed by atoms with Crippen molar-refractivity contribution in [2.45, 2.75) is 13.0 Å². The van der Waals surface area contributed by atoms with Gasteiger partial charge in [-0.1, -0.05) is 12.1 Å². The number of hydrogen-bond donors (Lipinski definition) is 1. The topological polar surface area (TPSA) is 21.3 Å². The van der Waals surface area contributed by atoms with Crippen LogP contribution in [0.4, 0.5) is 0 Å². The number of rotatable bonds is 1. The fraction of sp³-hybridized carbons (Fsp3) is 0.273. The molecule has 68 valence electrons. The Kier molecular flexibility index (Phi) is 1.97. The van der Waals surface area contributed by atoms with Gasteiger partial charge in [-0.25, -0.2) is 0 Å². The maximum absolute atomic E-state index is 5.31.